The average Bonchev–Trinajstić information content (AvgIpc) is 2.91. The minimum atomic E-state index is -3.56. The van der Waals surface area contributed by atoms with Crippen LogP contribution in [0.4, 0.5) is 11.4 Å². The molecule has 0 radical (unpaired) electrons. The first kappa shape index (κ1) is 27.3. The van der Waals surface area contributed by atoms with E-state index in [0.29, 0.717) is 36.4 Å². The van der Waals surface area contributed by atoms with Crippen molar-refractivity contribution in [3.63, 3.8) is 0 Å². The number of piperidine rings is 1. The Balaban J connectivity index is 1.29. The molecular formula is C29H35N5O3S. The SMILES string of the molecule is N=C(N)c1ccc(NC(=O)CC2CCN(CCN(c3ccccc3)S(=O)(=O)Cc3ccccc3)CC2)cc1. The monoisotopic (exact) mass is 533 g/mol. The standard InChI is InChI=1S/C29H35N5O3S/c30-29(31)25-11-13-26(14-12-25)32-28(35)21-23-15-17-33(18-16-23)19-20-34(27-9-5-2-6-10-27)38(36,37)22-24-7-3-1-4-8-24/h1-14,23H,15-22H2,(H3,30,31)(H,32,35). The second-order valence-corrected chi connectivity index (χ2v) is 11.6. The number of likely N-dealkylation sites (tertiary alicyclic amines) is 1. The summed E-state index contributed by atoms with van der Waals surface area (Å²) < 4.78 is 28.3. The van der Waals surface area contributed by atoms with Crippen LogP contribution >= 0.6 is 0 Å². The van der Waals surface area contributed by atoms with E-state index in [1.807, 2.05) is 60.7 Å². The summed E-state index contributed by atoms with van der Waals surface area (Å²) in [6.45, 7) is 2.66. The molecule has 1 fully saturated rings. The van der Waals surface area contributed by atoms with E-state index in [2.05, 4.69) is 10.2 Å². The Hall–Kier alpha value is -3.69. The van der Waals surface area contributed by atoms with E-state index in [-0.39, 0.29) is 23.4 Å². The molecule has 3 aromatic rings. The smallest absolute Gasteiger partial charge is 0.239 e. The van der Waals surface area contributed by atoms with Gasteiger partial charge in [-0.25, -0.2) is 8.42 Å². The molecule has 0 aromatic heterocycles. The highest BCUT2D eigenvalue weighted by Gasteiger charge is 2.26. The predicted octanol–water partition coefficient (Wildman–Crippen LogP) is 4.05. The maximum absolute atomic E-state index is 13.4. The number of nitrogen functional groups attached to an aromatic ring is 1. The van der Waals surface area contributed by atoms with Gasteiger partial charge in [0.05, 0.1) is 11.4 Å². The summed E-state index contributed by atoms with van der Waals surface area (Å²) in [5, 5.41) is 10.4. The Morgan fingerprint density at radius 3 is 2.16 bits per heavy atom. The molecule has 0 unspecified atom stereocenters. The first-order valence-electron chi connectivity index (χ1n) is 12.9. The van der Waals surface area contributed by atoms with Gasteiger partial charge in [0.2, 0.25) is 15.9 Å². The van der Waals surface area contributed by atoms with E-state index in [0.717, 1.165) is 31.5 Å². The van der Waals surface area contributed by atoms with Crippen LogP contribution in [0.25, 0.3) is 0 Å². The highest BCUT2D eigenvalue weighted by molar-refractivity contribution is 7.92. The van der Waals surface area contributed by atoms with Crippen molar-refractivity contribution in [1.82, 2.24) is 4.90 Å². The zero-order valence-corrected chi connectivity index (χ0v) is 22.2. The van der Waals surface area contributed by atoms with Crippen molar-refractivity contribution in [3.05, 3.63) is 96.1 Å². The van der Waals surface area contributed by atoms with Crippen molar-refractivity contribution in [1.29, 1.82) is 5.41 Å². The fourth-order valence-electron chi connectivity index (χ4n) is 4.74. The molecule has 1 amide bonds. The molecule has 8 nitrogen and oxygen atoms in total. The summed E-state index contributed by atoms with van der Waals surface area (Å²) in [5.74, 6) is 0.212. The zero-order valence-electron chi connectivity index (χ0n) is 21.4. The number of amides is 1. The average molecular weight is 534 g/mol. The fraction of sp³-hybridized carbons (Fsp3) is 0.310. The number of anilines is 2. The van der Waals surface area contributed by atoms with Crippen LogP contribution in [0, 0.1) is 11.3 Å². The van der Waals surface area contributed by atoms with E-state index in [1.165, 1.54) is 4.31 Å². The van der Waals surface area contributed by atoms with Crippen LogP contribution in [0.2, 0.25) is 0 Å². The van der Waals surface area contributed by atoms with Gasteiger partial charge >= 0.3 is 0 Å². The molecule has 3 aromatic carbocycles. The van der Waals surface area contributed by atoms with E-state index < -0.39 is 10.0 Å². The van der Waals surface area contributed by atoms with Gasteiger partial charge in [-0.2, -0.15) is 0 Å². The number of carbonyl (C=O) groups is 1. The van der Waals surface area contributed by atoms with Crippen molar-refractivity contribution >= 4 is 33.1 Å². The minimum absolute atomic E-state index is 0.00433. The Labute approximate surface area is 225 Å². The molecule has 38 heavy (non-hydrogen) atoms. The van der Waals surface area contributed by atoms with Gasteiger partial charge in [-0.15, -0.1) is 0 Å². The van der Waals surface area contributed by atoms with Gasteiger partial charge in [-0.1, -0.05) is 48.5 Å². The molecule has 0 atom stereocenters. The number of sulfonamides is 1. The largest absolute Gasteiger partial charge is 0.384 e. The number of hydrogen-bond donors (Lipinski definition) is 3. The van der Waals surface area contributed by atoms with Crippen LogP contribution in [-0.2, 0) is 20.6 Å². The lowest BCUT2D eigenvalue weighted by Crippen LogP contribution is -2.42. The summed E-state index contributed by atoms with van der Waals surface area (Å²) in [7, 11) is -3.56. The molecule has 4 rings (SSSR count). The van der Waals surface area contributed by atoms with Gasteiger partial charge in [0.1, 0.15) is 5.84 Å². The normalized spacial score (nSPS) is 14.6. The number of nitrogens with zero attached hydrogens (tertiary/aromatic N) is 2. The van der Waals surface area contributed by atoms with Gasteiger partial charge in [-0.05, 0) is 73.8 Å². The molecule has 0 bridgehead atoms. The lowest BCUT2D eigenvalue weighted by molar-refractivity contribution is -0.117. The van der Waals surface area contributed by atoms with Crippen molar-refractivity contribution in [3.8, 4) is 0 Å². The molecule has 0 saturated carbocycles. The van der Waals surface area contributed by atoms with E-state index in [1.54, 1.807) is 24.3 Å². The number of hydrogen-bond acceptors (Lipinski definition) is 5. The first-order valence-corrected chi connectivity index (χ1v) is 14.5. The van der Waals surface area contributed by atoms with Crippen molar-refractivity contribution in [2.75, 3.05) is 35.8 Å². The molecule has 1 aliphatic heterocycles. The van der Waals surface area contributed by atoms with E-state index >= 15 is 0 Å². The quantitative estimate of drug-likeness (QED) is 0.254. The molecule has 1 saturated heterocycles. The second-order valence-electron chi connectivity index (χ2n) is 9.68. The number of rotatable bonds is 11. The summed E-state index contributed by atoms with van der Waals surface area (Å²) in [4.78, 5) is 14.8. The first-order chi connectivity index (χ1) is 18.3. The highest BCUT2D eigenvalue weighted by Crippen LogP contribution is 2.24. The number of nitrogens with two attached hydrogens (primary N) is 1. The number of para-hydroxylation sites is 1. The summed E-state index contributed by atoms with van der Waals surface area (Å²) >= 11 is 0. The van der Waals surface area contributed by atoms with Gasteiger partial charge < -0.3 is 16.0 Å². The lowest BCUT2D eigenvalue weighted by Gasteiger charge is -2.33. The van der Waals surface area contributed by atoms with Crippen LogP contribution in [0.5, 0.6) is 0 Å². The van der Waals surface area contributed by atoms with Crippen molar-refractivity contribution < 1.29 is 13.2 Å². The van der Waals surface area contributed by atoms with Crippen LogP contribution in [0.15, 0.2) is 84.9 Å². The number of nitrogens with one attached hydrogen (secondary N) is 2. The zero-order chi connectivity index (χ0) is 27.0. The highest BCUT2D eigenvalue weighted by atomic mass is 32.2. The molecule has 9 heteroatoms. The Kier molecular flexibility index (Phi) is 9.15. The fourth-order valence-corrected chi connectivity index (χ4v) is 6.31. The number of carbonyl (C=O) groups excluding carboxylic acids is 1. The molecule has 200 valence electrons. The second kappa shape index (κ2) is 12.7. The Bertz CT molecular complexity index is 1310. The molecule has 1 heterocycles. The third-order valence-electron chi connectivity index (χ3n) is 6.85. The van der Waals surface area contributed by atoms with E-state index in [9.17, 15) is 13.2 Å². The third kappa shape index (κ3) is 7.66. The Morgan fingerprint density at radius 1 is 0.947 bits per heavy atom. The Morgan fingerprint density at radius 2 is 1.55 bits per heavy atom. The minimum Gasteiger partial charge on any atom is -0.384 e. The van der Waals surface area contributed by atoms with Gasteiger partial charge in [0.25, 0.3) is 0 Å². The van der Waals surface area contributed by atoms with Gasteiger partial charge in [0, 0.05) is 30.8 Å². The van der Waals surface area contributed by atoms with Crippen molar-refractivity contribution in [2.45, 2.75) is 25.0 Å². The van der Waals surface area contributed by atoms with Gasteiger partial charge in [-0.3, -0.25) is 14.5 Å². The van der Waals surface area contributed by atoms with Crippen LogP contribution in [0.1, 0.15) is 30.4 Å². The van der Waals surface area contributed by atoms with Crippen LogP contribution in [0.3, 0.4) is 0 Å². The molecular weight excluding hydrogens is 498 g/mol. The maximum Gasteiger partial charge on any atom is 0.239 e. The van der Waals surface area contributed by atoms with Crippen molar-refractivity contribution in [2.24, 2.45) is 11.7 Å². The van der Waals surface area contributed by atoms with E-state index in [4.69, 9.17) is 11.1 Å². The topological polar surface area (TPSA) is 120 Å². The predicted molar refractivity (Wildman–Crippen MR) is 153 cm³/mol. The maximum atomic E-state index is 13.4. The summed E-state index contributed by atoms with van der Waals surface area (Å²) in [6, 6.07) is 25.5. The summed E-state index contributed by atoms with van der Waals surface area (Å²) in [6.07, 6.45) is 2.22. The van der Waals surface area contributed by atoms with Crippen LogP contribution in [-0.4, -0.2) is 51.2 Å². The van der Waals surface area contributed by atoms with Gasteiger partial charge in [0.15, 0.2) is 0 Å². The molecule has 4 N–H and O–H groups in total. The molecule has 0 aliphatic carbocycles. The van der Waals surface area contributed by atoms with Crippen LogP contribution < -0.4 is 15.4 Å². The lowest BCUT2D eigenvalue weighted by atomic mass is 9.93. The number of benzene rings is 3. The molecule has 1 aliphatic rings. The third-order valence-corrected chi connectivity index (χ3v) is 8.62. The molecule has 0 spiro atoms. The summed E-state index contributed by atoms with van der Waals surface area (Å²) in [5.41, 5.74) is 8.23. The number of amidine groups is 1.